The van der Waals surface area contributed by atoms with Crippen LogP contribution >= 0.6 is 22.9 Å². The van der Waals surface area contributed by atoms with Crippen LogP contribution in [0, 0.1) is 13.8 Å². The third-order valence-corrected chi connectivity index (χ3v) is 3.71. The topological polar surface area (TPSA) is 20.2 Å². The van der Waals surface area contributed by atoms with E-state index in [1.165, 1.54) is 0 Å². The Hall–Kier alpha value is -0.0500. The molecule has 62 valence electrons. The first-order chi connectivity index (χ1) is 5.04. The van der Waals surface area contributed by atoms with Gasteiger partial charge in [-0.2, -0.15) is 0 Å². The largest absolute Gasteiger partial charge is 0.388 e. The Labute approximate surface area is 75.6 Å². The minimum Gasteiger partial charge on any atom is -0.388 e. The lowest BCUT2D eigenvalue weighted by atomic mass is 10.2. The van der Waals surface area contributed by atoms with Crippen molar-refractivity contribution in [3.63, 3.8) is 0 Å². The van der Waals surface area contributed by atoms with E-state index in [1.54, 1.807) is 18.3 Å². The van der Waals surface area contributed by atoms with Gasteiger partial charge in [0.25, 0.3) is 0 Å². The van der Waals surface area contributed by atoms with E-state index in [2.05, 4.69) is 0 Å². The zero-order valence-electron chi connectivity index (χ0n) is 6.81. The van der Waals surface area contributed by atoms with E-state index in [0.29, 0.717) is 0 Å². The van der Waals surface area contributed by atoms with E-state index in [-0.39, 0.29) is 0 Å². The van der Waals surface area contributed by atoms with Crippen molar-refractivity contribution in [3.8, 4) is 0 Å². The van der Waals surface area contributed by atoms with Gasteiger partial charge in [-0.15, -0.1) is 11.3 Å². The minimum atomic E-state index is -0.397. The molecule has 1 rings (SSSR count). The lowest BCUT2D eigenvalue weighted by Crippen LogP contribution is -1.88. The average molecular weight is 191 g/mol. The maximum atomic E-state index is 9.29. The molecule has 0 amide bonds. The molecule has 0 aromatic carbocycles. The summed E-state index contributed by atoms with van der Waals surface area (Å²) in [7, 11) is 0. The molecule has 0 bridgehead atoms. The molecule has 1 aromatic heterocycles. The molecule has 1 N–H and O–H groups in total. The molecule has 0 fully saturated rings. The van der Waals surface area contributed by atoms with E-state index in [4.69, 9.17) is 11.6 Å². The SMILES string of the molecule is Cc1sc(C(C)O)c(C)c1Cl. The third-order valence-electron chi connectivity index (χ3n) is 1.65. The zero-order valence-corrected chi connectivity index (χ0v) is 8.38. The van der Waals surface area contributed by atoms with Crippen LogP contribution in [0.25, 0.3) is 0 Å². The van der Waals surface area contributed by atoms with Crippen LogP contribution in [0.15, 0.2) is 0 Å². The predicted octanol–water partition coefficient (Wildman–Crippen LogP) is 3.07. The van der Waals surface area contributed by atoms with Crippen LogP contribution in [0.3, 0.4) is 0 Å². The maximum Gasteiger partial charge on any atom is 0.0857 e. The van der Waals surface area contributed by atoms with E-state index in [9.17, 15) is 5.11 Å². The summed E-state index contributed by atoms with van der Waals surface area (Å²) < 4.78 is 0. The van der Waals surface area contributed by atoms with Gasteiger partial charge in [-0.25, -0.2) is 0 Å². The number of hydrogen-bond donors (Lipinski definition) is 1. The lowest BCUT2D eigenvalue weighted by Gasteiger charge is -2.00. The number of thiophene rings is 1. The first-order valence-electron chi connectivity index (χ1n) is 3.47. The Morgan fingerprint density at radius 3 is 2.18 bits per heavy atom. The number of rotatable bonds is 1. The van der Waals surface area contributed by atoms with Crippen molar-refractivity contribution in [1.82, 2.24) is 0 Å². The van der Waals surface area contributed by atoms with Gasteiger partial charge < -0.3 is 5.11 Å². The highest BCUT2D eigenvalue weighted by Crippen LogP contribution is 2.34. The highest BCUT2D eigenvalue weighted by molar-refractivity contribution is 7.12. The highest BCUT2D eigenvalue weighted by Gasteiger charge is 2.13. The second kappa shape index (κ2) is 3.13. The number of halogens is 1. The summed E-state index contributed by atoms with van der Waals surface area (Å²) in [5.74, 6) is 0. The first kappa shape index (κ1) is 9.04. The summed E-state index contributed by atoms with van der Waals surface area (Å²) in [6.45, 7) is 5.66. The molecule has 0 aliphatic rings. The standard InChI is InChI=1S/C8H11ClOS/c1-4-7(9)6(3)11-8(4)5(2)10/h5,10H,1-3H3. The monoisotopic (exact) mass is 190 g/mol. The highest BCUT2D eigenvalue weighted by atomic mass is 35.5. The van der Waals surface area contributed by atoms with Gasteiger partial charge in [0, 0.05) is 9.75 Å². The molecular formula is C8H11ClOS. The summed E-state index contributed by atoms with van der Waals surface area (Å²) in [5, 5.41) is 10.1. The van der Waals surface area contributed by atoms with Crippen molar-refractivity contribution >= 4 is 22.9 Å². The molecule has 1 unspecified atom stereocenters. The van der Waals surface area contributed by atoms with Gasteiger partial charge in [-0.05, 0) is 26.3 Å². The van der Waals surface area contributed by atoms with Crippen LogP contribution in [-0.2, 0) is 0 Å². The molecule has 0 spiro atoms. The Balaban J connectivity index is 3.19. The van der Waals surface area contributed by atoms with Gasteiger partial charge in [-0.3, -0.25) is 0 Å². The Bertz CT molecular complexity index is 265. The number of aliphatic hydroxyl groups is 1. The van der Waals surface area contributed by atoms with Gasteiger partial charge in [0.15, 0.2) is 0 Å². The van der Waals surface area contributed by atoms with Crippen molar-refractivity contribution in [1.29, 1.82) is 0 Å². The van der Waals surface area contributed by atoms with Crippen LogP contribution in [0.4, 0.5) is 0 Å². The maximum absolute atomic E-state index is 9.29. The number of aryl methyl sites for hydroxylation is 1. The van der Waals surface area contributed by atoms with Crippen LogP contribution < -0.4 is 0 Å². The van der Waals surface area contributed by atoms with Gasteiger partial charge in [0.1, 0.15) is 0 Å². The third kappa shape index (κ3) is 1.58. The lowest BCUT2D eigenvalue weighted by molar-refractivity contribution is 0.202. The minimum absolute atomic E-state index is 0.397. The fourth-order valence-electron chi connectivity index (χ4n) is 1.06. The van der Waals surface area contributed by atoms with Crippen molar-refractivity contribution in [3.05, 3.63) is 20.3 Å². The number of aliphatic hydroxyl groups excluding tert-OH is 1. The molecule has 1 atom stereocenters. The predicted molar refractivity (Wildman–Crippen MR) is 49.4 cm³/mol. The molecule has 1 nitrogen and oxygen atoms in total. The van der Waals surface area contributed by atoms with Gasteiger partial charge in [0.05, 0.1) is 11.1 Å². The average Bonchev–Trinajstić information content (AvgIpc) is 2.17. The summed E-state index contributed by atoms with van der Waals surface area (Å²) in [6.07, 6.45) is -0.397. The molecule has 0 radical (unpaired) electrons. The van der Waals surface area contributed by atoms with Crippen LogP contribution in [-0.4, -0.2) is 5.11 Å². The van der Waals surface area contributed by atoms with E-state index >= 15 is 0 Å². The fourth-order valence-corrected chi connectivity index (χ4v) is 2.33. The molecule has 0 saturated heterocycles. The summed E-state index contributed by atoms with van der Waals surface area (Å²) in [6, 6.07) is 0. The van der Waals surface area contributed by atoms with E-state index in [0.717, 1.165) is 20.3 Å². The molecule has 1 heterocycles. The second-order valence-electron chi connectivity index (χ2n) is 2.64. The molecule has 1 aromatic rings. The van der Waals surface area contributed by atoms with Crippen molar-refractivity contribution in [2.75, 3.05) is 0 Å². The van der Waals surface area contributed by atoms with Crippen molar-refractivity contribution in [2.24, 2.45) is 0 Å². The van der Waals surface area contributed by atoms with Gasteiger partial charge >= 0.3 is 0 Å². The quantitative estimate of drug-likeness (QED) is 0.722. The Morgan fingerprint density at radius 2 is 2.00 bits per heavy atom. The normalized spacial score (nSPS) is 13.5. The molecule has 0 aliphatic heterocycles. The number of hydrogen-bond acceptors (Lipinski definition) is 2. The van der Waals surface area contributed by atoms with Crippen LogP contribution in [0.1, 0.15) is 28.3 Å². The molecular weight excluding hydrogens is 180 g/mol. The van der Waals surface area contributed by atoms with E-state index in [1.807, 2.05) is 13.8 Å². The Kier molecular flexibility index (Phi) is 2.58. The van der Waals surface area contributed by atoms with Crippen LogP contribution in [0.5, 0.6) is 0 Å². The molecule has 11 heavy (non-hydrogen) atoms. The molecule has 3 heteroatoms. The summed E-state index contributed by atoms with van der Waals surface area (Å²) >= 11 is 7.51. The summed E-state index contributed by atoms with van der Waals surface area (Å²) in [4.78, 5) is 2.06. The van der Waals surface area contributed by atoms with Gasteiger partial charge in [0.2, 0.25) is 0 Å². The molecule has 0 saturated carbocycles. The van der Waals surface area contributed by atoms with Crippen molar-refractivity contribution in [2.45, 2.75) is 26.9 Å². The molecule has 0 aliphatic carbocycles. The van der Waals surface area contributed by atoms with Gasteiger partial charge in [-0.1, -0.05) is 11.6 Å². The van der Waals surface area contributed by atoms with Crippen LogP contribution in [0.2, 0.25) is 5.02 Å². The fraction of sp³-hybridized carbons (Fsp3) is 0.500. The van der Waals surface area contributed by atoms with E-state index < -0.39 is 6.10 Å². The zero-order chi connectivity index (χ0) is 8.59. The summed E-state index contributed by atoms with van der Waals surface area (Å²) in [5.41, 5.74) is 1.02. The van der Waals surface area contributed by atoms with Crippen molar-refractivity contribution < 1.29 is 5.11 Å². The Morgan fingerprint density at radius 1 is 1.45 bits per heavy atom. The smallest absolute Gasteiger partial charge is 0.0857 e. The first-order valence-corrected chi connectivity index (χ1v) is 4.67. The second-order valence-corrected chi connectivity index (χ2v) is 4.27.